The predicted octanol–water partition coefficient (Wildman–Crippen LogP) is 6.00. The molecule has 6 rings (SSSR count). The number of fused-ring (bicyclic) bond motifs is 4. The first-order valence-corrected chi connectivity index (χ1v) is 14.0. The van der Waals surface area contributed by atoms with E-state index in [1.165, 1.54) is 109 Å². The summed E-state index contributed by atoms with van der Waals surface area (Å²) in [6, 6.07) is 0. The van der Waals surface area contributed by atoms with Crippen molar-refractivity contribution in [2.45, 2.75) is 51.4 Å². The molecule has 2 fully saturated rings. The van der Waals surface area contributed by atoms with Gasteiger partial charge in [0.25, 0.3) is 0 Å². The minimum absolute atomic E-state index is 0. The number of likely N-dealkylation sites (tertiary alicyclic amines) is 1. The van der Waals surface area contributed by atoms with Gasteiger partial charge in [-0.25, -0.2) is 4.79 Å². The van der Waals surface area contributed by atoms with Crippen molar-refractivity contribution in [2.24, 2.45) is 16.8 Å². The van der Waals surface area contributed by atoms with Crippen molar-refractivity contribution in [1.82, 2.24) is 9.80 Å². The summed E-state index contributed by atoms with van der Waals surface area (Å²) in [6.45, 7) is 5.91. The van der Waals surface area contributed by atoms with Crippen LogP contribution in [0.3, 0.4) is 0 Å². The van der Waals surface area contributed by atoms with Gasteiger partial charge < -0.3 is 14.9 Å². The third-order valence-corrected chi connectivity index (χ3v) is 9.54. The van der Waals surface area contributed by atoms with Gasteiger partial charge in [0.2, 0.25) is 0 Å². The molecule has 0 aromatic rings. The van der Waals surface area contributed by atoms with Crippen LogP contribution in [-0.4, -0.2) is 65.2 Å². The number of aliphatic imine (C=N–C) groups is 1. The molecule has 3 aliphatic carbocycles. The maximum absolute atomic E-state index is 11.9. The van der Waals surface area contributed by atoms with Gasteiger partial charge in [0.15, 0.2) is 5.04 Å². The highest BCUT2D eigenvalue weighted by Crippen LogP contribution is 2.55. The Kier molecular flexibility index (Phi) is 9.14. The lowest BCUT2D eigenvalue weighted by Crippen LogP contribution is -2.37. The average molecular weight is 551 g/mol. The van der Waals surface area contributed by atoms with Gasteiger partial charge in [-0.1, -0.05) is 55.7 Å². The Morgan fingerprint density at radius 2 is 1.78 bits per heavy atom. The molecule has 3 aliphatic heterocycles. The average Bonchev–Trinajstić information content (AvgIpc) is 3.41. The molecule has 1 atom stereocenters. The SMILES string of the molecule is Cl.Cl.O=C(O)C1=NCC2=C(S1)C1=C(C3CCCCC3)C3=CC=CC3C1=CN(CCN1CCCCC1)C2. The number of carboxylic acid groups (broad SMARTS) is 1. The minimum atomic E-state index is -0.898. The van der Waals surface area contributed by atoms with E-state index in [2.05, 4.69) is 39.2 Å². The number of carbonyl (C=O) groups is 1. The van der Waals surface area contributed by atoms with Crippen molar-refractivity contribution in [2.75, 3.05) is 39.3 Å². The van der Waals surface area contributed by atoms with E-state index in [1.807, 2.05) is 0 Å². The third-order valence-electron chi connectivity index (χ3n) is 8.34. The highest BCUT2D eigenvalue weighted by Gasteiger charge is 2.42. The van der Waals surface area contributed by atoms with Gasteiger partial charge in [0.1, 0.15) is 0 Å². The summed E-state index contributed by atoms with van der Waals surface area (Å²) in [4.78, 5) is 22.7. The van der Waals surface area contributed by atoms with E-state index in [0.29, 0.717) is 18.4 Å². The summed E-state index contributed by atoms with van der Waals surface area (Å²) in [5.41, 5.74) is 7.04. The van der Waals surface area contributed by atoms with Crippen LogP contribution >= 0.6 is 36.6 Å². The van der Waals surface area contributed by atoms with Gasteiger partial charge in [-0.2, -0.15) is 0 Å². The number of thioether (sulfide) groups is 1. The van der Waals surface area contributed by atoms with Gasteiger partial charge in [-0.3, -0.25) is 4.99 Å². The Morgan fingerprint density at radius 3 is 2.53 bits per heavy atom. The number of allylic oxidation sites excluding steroid dienone is 7. The molecule has 5 nitrogen and oxygen atoms in total. The number of rotatable bonds is 5. The van der Waals surface area contributed by atoms with Gasteiger partial charge in [0.05, 0.1) is 6.54 Å². The number of aliphatic carboxylic acids is 1. The molecule has 1 N–H and O–H groups in total. The van der Waals surface area contributed by atoms with Gasteiger partial charge in [-0.05, 0) is 72.6 Å². The topological polar surface area (TPSA) is 56.1 Å². The van der Waals surface area contributed by atoms with Gasteiger partial charge >= 0.3 is 5.97 Å². The smallest absolute Gasteiger partial charge is 0.361 e. The van der Waals surface area contributed by atoms with Crippen LogP contribution in [0.2, 0.25) is 0 Å². The van der Waals surface area contributed by atoms with Gasteiger partial charge in [-0.15, -0.1) is 24.8 Å². The van der Waals surface area contributed by atoms with E-state index < -0.39 is 5.97 Å². The van der Waals surface area contributed by atoms with Crippen molar-refractivity contribution in [3.63, 3.8) is 0 Å². The monoisotopic (exact) mass is 549 g/mol. The second-order valence-electron chi connectivity index (χ2n) is 10.5. The van der Waals surface area contributed by atoms with Crippen molar-refractivity contribution in [3.8, 4) is 0 Å². The summed E-state index contributed by atoms with van der Waals surface area (Å²) in [5, 5.41) is 10.00. The highest BCUT2D eigenvalue weighted by atomic mass is 35.5. The van der Waals surface area contributed by atoms with E-state index >= 15 is 0 Å². The molecule has 1 saturated carbocycles. The van der Waals surface area contributed by atoms with Crippen LogP contribution in [0.4, 0.5) is 0 Å². The second kappa shape index (κ2) is 11.9. The lowest BCUT2D eigenvalue weighted by Gasteiger charge is -2.30. The lowest BCUT2D eigenvalue weighted by atomic mass is 9.80. The summed E-state index contributed by atoms with van der Waals surface area (Å²) in [5.74, 6) is 0.0131. The van der Waals surface area contributed by atoms with Crippen LogP contribution in [0, 0.1) is 11.8 Å². The maximum Gasteiger partial charge on any atom is 0.361 e. The molecule has 0 radical (unpaired) electrons. The quantitative estimate of drug-likeness (QED) is 0.455. The molecule has 196 valence electrons. The molecular weight excluding hydrogens is 513 g/mol. The molecule has 0 amide bonds. The molecule has 0 aromatic carbocycles. The van der Waals surface area contributed by atoms with E-state index in [1.54, 1.807) is 0 Å². The Balaban J connectivity index is 0.00000152. The Labute approximate surface area is 231 Å². The fraction of sp³-hybridized carbons (Fsp3) is 0.571. The Bertz CT molecular complexity index is 1060. The van der Waals surface area contributed by atoms with Crippen molar-refractivity contribution in [1.29, 1.82) is 0 Å². The lowest BCUT2D eigenvalue weighted by molar-refractivity contribution is -0.129. The fourth-order valence-electron chi connectivity index (χ4n) is 6.68. The molecule has 0 bridgehead atoms. The Morgan fingerprint density at radius 1 is 1.03 bits per heavy atom. The Hall–Kier alpha value is -1.47. The first kappa shape index (κ1) is 27.6. The summed E-state index contributed by atoms with van der Waals surface area (Å²) < 4.78 is 0. The van der Waals surface area contributed by atoms with Crippen molar-refractivity contribution in [3.05, 3.63) is 57.2 Å². The number of hydrogen-bond acceptors (Lipinski definition) is 5. The molecule has 0 spiro atoms. The number of hydrogen-bond donors (Lipinski definition) is 1. The molecule has 1 saturated heterocycles. The molecule has 3 heterocycles. The predicted molar refractivity (Wildman–Crippen MR) is 153 cm³/mol. The van der Waals surface area contributed by atoms with Crippen LogP contribution < -0.4 is 0 Å². The van der Waals surface area contributed by atoms with Crippen LogP contribution in [0.5, 0.6) is 0 Å². The molecule has 8 heteroatoms. The molecule has 6 aliphatic rings. The van der Waals surface area contributed by atoms with Crippen molar-refractivity contribution >= 4 is 47.6 Å². The van der Waals surface area contributed by atoms with E-state index in [-0.39, 0.29) is 29.9 Å². The van der Waals surface area contributed by atoms with Crippen LogP contribution in [-0.2, 0) is 4.79 Å². The third kappa shape index (κ3) is 5.24. The first-order chi connectivity index (χ1) is 16.7. The van der Waals surface area contributed by atoms with Crippen LogP contribution in [0.15, 0.2) is 62.2 Å². The largest absolute Gasteiger partial charge is 0.476 e. The summed E-state index contributed by atoms with van der Waals surface area (Å²) in [7, 11) is 0. The van der Waals surface area contributed by atoms with E-state index in [4.69, 9.17) is 0 Å². The minimum Gasteiger partial charge on any atom is -0.476 e. The van der Waals surface area contributed by atoms with Crippen LogP contribution in [0.1, 0.15) is 51.4 Å². The zero-order valence-electron chi connectivity index (χ0n) is 20.8. The maximum atomic E-state index is 11.9. The molecule has 0 aromatic heterocycles. The standard InChI is InChI=1S/C28H35N3O2S.2ClH/c32-28(33)27-29-16-20-17-31(15-14-30-12-5-2-6-13-30)18-23-21-10-7-11-22(21)24(25(23)26(20)34-27)19-8-3-1-4-9-19;;/h7,10-11,18-19,21H,1-6,8-9,12-17H2,(H,32,33);2*1H. The molecule has 1 unspecified atom stereocenters. The second-order valence-corrected chi connectivity index (χ2v) is 11.5. The van der Waals surface area contributed by atoms with Crippen molar-refractivity contribution < 1.29 is 9.90 Å². The molecular formula is C28H37Cl2N3O2S. The van der Waals surface area contributed by atoms with E-state index in [0.717, 1.165) is 19.6 Å². The zero-order chi connectivity index (χ0) is 23.1. The first-order valence-electron chi connectivity index (χ1n) is 13.2. The summed E-state index contributed by atoms with van der Waals surface area (Å²) >= 11 is 1.41. The zero-order valence-corrected chi connectivity index (χ0v) is 23.2. The molecule has 36 heavy (non-hydrogen) atoms. The number of halogens is 2. The number of nitrogens with zero attached hydrogens (tertiary/aromatic N) is 3. The summed E-state index contributed by atoms with van der Waals surface area (Å²) in [6.07, 6.45) is 19.8. The highest BCUT2D eigenvalue weighted by molar-refractivity contribution is 8.19. The van der Waals surface area contributed by atoms with E-state index in [9.17, 15) is 9.90 Å². The fourth-order valence-corrected chi connectivity index (χ4v) is 7.69. The number of carboxylic acids is 1. The van der Waals surface area contributed by atoms with Crippen LogP contribution in [0.25, 0.3) is 0 Å². The number of piperidine rings is 1. The van der Waals surface area contributed by atoms with Gasteiger partial charge in [0, 0.05) is 36.7 Å². The normalized spacial score (nSPS) is 26.2.